The van der Waals surface area contributed by atoms with E-state index >= 15 is 0 Å². The van der Waals surface area contributed by atoms with E-state index in [0.717, 1.165) is 17.4 Å². The molecule has 0 aromatic carbocycles. The highest BCUT2D eigenvalue weighted by Crippen LogP contribution is 2.39. The van der Waals surface area contributed by atoms with Crippen LogP contribution in [0.5, 0.6) is 0 Å². The topological polar surface area (TPSA) is 26.0 Å². The van der Waals surface area contributed by atoms with Gasteiger partial charge in [0.25, 0.3) is 0 Å². The van der Waals surface area contributed by atoms with E-state index in [2.05, 4.69) is 17.4 Å². The zero-order valence-electron chi connectivity index (χ0n) is 7.42. The Hall–Kier alpha value is 0.240. The maximum Gasteiger partial charge on any atom is 0.0159 e. The molecule has 1 fully saturated rings. The molecule has 0 aromatic heterocycles. The first-order chi connectivity index (χ1) is 5.79. The summed E-state index contributed by atoms with van der Waals surface area (Å²) in [5.74, 6) is 1.35. The van der Waals surface area contributed by atoms with Crippen LogP contribution in [-0.2, 0) is 0 Å². The number of unbranched alkanes of at least 4 members (excludes halogenated alkanes) is 1. The first kappa shape index (κ1) is 10.3. The molecule has 0 radical (unpaired) electrons. The molecular weight excluding hydrogens is 186 g/mol. The third kappa shape index (κ3) is 4.31. The molecule has 2 N–H and O–H groups in total. The summed E-state index contributed by atoms with van der Waals surface area (Å²) in [5, 5.41) is 0.918. The molecule has 1 rings (SSSR count). The second kappa shape index (κ2) is 5.81. The van der Waals surface area contributed by atoms with Gasteiger partial charge < -0.3 is 5.73 Å². The molecular formula is C9H17NS2. The normalized spacial score (nSPS) is 22.8. The lowest BCUT2D eigenvalue weighted by Crippen LogP contribution is -1.98. The zero-order valence-corrected chi connectivity index (χ0v) is 9.05. The van der Waals surface area contributed by atoms with E-state index < -0.39 is 0 Å². The lowest BCUT2D eigenvalue weighted by atomic mass is 10.1. The Morgan fingerprint density at radius 1 is 1.50 bits per heavy atom. The van der Waals surface area contributed by atoms with Gasteiger partial charge in [0.2, 0.25) is 0 Å². The van der Waals surface area contributed by atoms with Crippen molar-refractivity contribution in [2.75, 3.05) is 5.75 Å². The van der Waals surface area contributed by atoms with Crippen molar-refractivity contribution in [2.24, 2.45) is 5.73 Å². The Balaban J connectivity index is 1.91. The summed E-state index contributed by atoms with van der Waals surface area (Å²) in [6.45, 7) is 3.69. The van der Waals surface area contributed by atoms with Gasteiger partial charge in [-0.05, 0) is 25.7 Å². The minimum absolute atomic E-state index is 0.837. The molecule has 0 saturated carbocycles. The zero-order chi connectivity index (χ0) is 8.81. The number of hydrogen-bond donors (Lipinski definition) is 1. The van der Waals surface area contributed by atoms with Crippen LogP contribution in [0.25, 0.3) is 0 Å². The number of hydrogen-bond acceptors (Lipinski definition) is 3. The van der Waals surface area contributed by atoms with E-state index in [-0.39, 0.29) is 0 Å². The third-order valence-corrected chi connectivity index (χ3v) is 5.01. The average Bonchev–Trinajstić information content (AvgIpc) is 2.49. The smallest absolute Gasteiger partial charge is 0.0159 e. The second-order valence-corrected chi connectivity index (χ2v) is 6.02. The monoisotopic (exact) mass is 203 g/mol. The fourth-order valence-electron chi connectivity index (χ4n) is 1.29. The van der Waals surface area contributed by atoms with Crippen molar-refractivity contribution in [2.45, 2.75) is 37.4 Å². The molecule has 0 unspecified atom stereocenters. The van der Waals surface area contributed by atoms with Gasteiger partial charge in [-0.2, -0.15) is 0 Å². The second-order valence-electron chi connectivity index (χ2n) is 3.23. The van der Waals surface area contributed by atoms with E-state index in [1.54, 1.807) is 0 Å². The van der Waals surface area contributed by atoms with Crippen LogP contribution in [-0.4, -0.2) is 11.0 Å². The summed E-state index contributed by atoms with van der Waals surface area (Å²) in [6, 6.07) is 0. The maximum absolute atomic E-state index is 5.48. The molecule has 0 bridgehead atoms. The molecule has 1 aliphatic rings. The molecule has 0 spiro atoms. The molecule has 12 heavy (non-hydrogen) atoms. The van der Waals surface area contributed by atoms with Crippen LogP contribution < -0.4 is 5.73 Å². The Kier molecular flexibility index (Phi) is 5.00. The molecule has 1 atom stereocenters. The lowest BCUT2D eigenvalue weighted by Gasteiger charge is -2.06. The largest absolute Gasteiger partial charge is 0.403 e. The van der Waals surface area contributed by atoms with Gasteiger partial charge in [0.15, 0.2) is 0 Å². The predicted octanol–water partition coefficient (Wildman–Crippen LogP) is 3.17. The molecule has 70 valence electrons. The minimum atomic E-state index is 0.837. The Morgan fingerprint density at radius 3 is 2.92 bits per heavy atom. The molecule has 1 heterocycles. The number of rotatable bonds is 5. The van der Waals surface area contributed by atoms with Gasteiger partial charge in [-0.25, -0.2) is 0 Å². The molecule has 0 aliphatic carbocycles. The molecule has 1 nitrogen and oxygen atoms in total. The highest BCUT2D eigenvalue weighted by Gasteiger charge is 2.15. The summed E-state index contributed by atoms with van der Waals surface area (Å²) in [5.41, 5.74) is 6.32. The van der Waals surface area contributed by atoms with Gasteiger partial charge in [0.05, 0.1) is 0 Å². The van der Waals surface area contributed by atoms with E-state index in [1.807, 2.05) is 10.8 Å². The molecule has 0 aromatic rings. The van der Waals surface area contributed by atoms with Crippen LogP contribution in [0, 0.1) is 0 Å². The van der Waals surface area contributed by atoms with Crippen LogP contribution >= 0.6 is 21.6 Å². The SMILES string of the molecule is C=C(N)CCCC[C@H]1CCSS1. The summed E-state index contributed by atoms with van der Waals surface area (Å²) in [4.78, 5) is 0. The van der Waals surface area contributed by atoms with E-state index in [1.165, 1.54) is 31.4 Å². The van der Waals surface area contributed by atoms with Crippen LogP contribution in [0.3, 0.4) is 0 Å². The van der Waals surface area contributed by atoms with E-state index in [0.29, 0.717) is 0 Å². The quantitative estimate of drug-likeness (QED) is 0.549. The first-order valence-electron chi connectivity index (χ1n) is 4.50. The fraction of sp³-hybridized carbons (Fsp3) is 0.778. The Labute approximate surface area is 82.9 Å². The Bertz CT molecular complexity index is 141. The summed E-state index contributed by atoms with van der Waals surface area (Å²) in [6.07, 6.45) is 6.31. The van der Waals surface area contributed by atoms with Crippen molar-refractivity contribution in [1.29, 1.82) is 0 Å². The van der Waals surface area contributed by atoms with Gasteiger partial charge in [-0.1, -0.05) is 34.6 Å². The summed E-state index contributed by atoms with van der Waals surface area (Å²) in [7, 11) is 4.09. The highest BCUT2D eigenvalue weighted by atomic mass is 33.1. The van der Waals surface area contributed by atoms with Gasteiger partial charge in [-0.3, -0.25) is 0 Å². The highest BCUT2D eigenvalue weighted by molar-refractivity contribution is 8.77. The van der Waals surface area contributed by atoms with Crippen LogP contribution in [0.2, 0.25) is 0 Å². The molecule has 1 saturated heterocycles. The summed E-state index contributed by atoms with van der Waals surface area (Å²) < 4.78 is 0. The van der Waals surface area contributed by atoms with Crippen molar-refractivity contribution in [3.05, 3.63) is 12.3 Å². The van der Waals surface area contributed by atoms with Crippen LogP contribution in [0.1, 0.15) is 32.1 Å². The van der Waals surface area contributed by atoms with Crippen molar-refractivity contribution in [1.82, 2.24) is 0 Å². The predicted molar refractivity (Wildman–Crippen MR) is 60.2 cm³/mol. The van der Waals surface area contributed by atoms with Gasteiger partial charge >= 0.3 is 0 Å². The Morgan fingerprint density at radius 2 is 2.33 bits per heavy atom. The number of allylic oxidation sites excluding steroid dienone is 1. The van der Waals surface area contributed by atoms with Crippen molar-refractivity contribution in [3.63, 3.8) is 0 Å². The van der Waals surface area contributed by atoms with E-state index in [9.17, 15) is 0 Å². The molecule has 3 heteroatoms. The van der Waals surface area contributed by atoms with Gasteiger partial charge in [0.1, 0.15) is 0 Å². The molecule has 0 amide bonds. The van der Waals surface area contributed by atoms with Crippen LogP contribution in [0.4, 0.5) is 0 Å². The van der Waals surface area contributed by atoms with Crippen molar-refractivity contribution < 1.29 is 0 Å². The average molecular weight is 203 g/mol. The lowest BCUT2D eigenvalue weighted by molar-refractivity contribution is 0.647. The number of nitrogens with two attached hydrogens (primary N) is 1. The third-order valence-electron chi connectivity index (χ3n) is 2.00. The molecule has 1 aliphatic heterocycles. The maximum atomic E-state index is 5.48. The summed E-state index contributed by atoms with van der Waals surface area (Å²) >= 11 is 0. The van der Waals surface area contributed by atoms with Crippen molar-refractivity contribution >= 4 is 21.6 Å². The van der Waals surface area contributed by atoms with Crippen molar-refractivity contribution in [3.8, 4) is 0 Å². The van der Waals surface area contributed by atoms with Gasteiger partial charge in [0, 0.05) is 16.7 Å². The minimum Gasteiger partial charge on any atom is -0.403 e. The van der Waals surface area contributed by atoms with E-state index in [4.69, 9.17) is 5.73 Å². The van der Waals surface area contributed by atoms with Crippen LogP contribution in [0.15, 0.2) is 12.3 Å². The standard InChI is InChI=1S/C9H17NS2/c1-8(10)4-2-3-5-9-6-7-11-12-9/h9H,1-7,10H2/t9-/m0/s1. The first-order valence-corrected chi connectivity index (χ1v) is 6.89. The van der Waals surface area contributed by atoms with Gasteiger partial charge in [-0.15, -0.1) is 0 Å². The fourth-order valence-corrected chi connectivity index (χ4v) is 4.32.